The molecule has 342 valence electrons. The van der Waals surface area contributed by atoms with Crippen molar-refractivity contribution in [2.45, 2.75) is 268 Å². The molecule has 0 heterocycles. The number of hydrogen-bond donors (Lipinski definition) is 1. The summed E-state index contributed by atoms with van der Waals surface area (Å²) in [5.41, 5.74) is 8.08. The minimum Gasteiger partial charge on any atom is -0.353 e. The van der Waals surface area contributed by atoms with Crippen molar-refractivity contribution in [1.82, 2.24) is 5.32 Å². The van der Waals surface area contributed by atoms with Crippen LogP contribution in [0.1, 0.15) is 268 Å². The quantitative estimate of drug-likeness (QED) is 0.0383. The maximum atomic E-state index is 12.1. The molecule has 0 rings (SSSR count). The van der Waals surface area contributed by atoms with E-state index in [1.807, 2.05) is 6.08 Å². The Morgan fingerprint density at radius 2 is 0.678 bits per heavy atom. The van der Waals surface area contributed by atoms with Gasteiger partial charge in [0.25, 0.3) is 0 Å². The zero-order chi connectivity index (χ0) is 44.2. The van der Waals surface area contributed by atoms with E-state index in [0.29, 0.717) is 5.78 Å². The van der Waals surface area contributed by atoms with Crippen molar-refractivity contribution in [3.05, 3.63) is 69.9 Å². The van der Waals surface area contributed by atoms with Gasteiger partial charge in [0.2, 0.25) is 5.91 Å². The highest BCUT2D eigenvalue weighted by atomic mass is 16.1. The zero-order valence-corrected chi connectivity index (χ0v) is 41.4. The first-order valence-electron chi connectivity index (χ1n) is 25.1. The van der Waals surface area contributed by atoms with Gasteiger partial charge in [0.15, 0.2) is 5.78 Å². The molecule has 0 spiro atoms. The summed E-state index contributed by atoms with van der Waals surface area (Å²) in [7, 11) is 0. The van der Waals surface area contributed by atoms with Crippen molar-refractivity contribution in [3.63, 3.8) is 0 Å². The molecular formula is C56H101NO2. The summed E-state index contributed by atoms with van der Waals surface area (Å²) in [4.78, 5) is 24.1. The Labute approximate surface area is 370 Å². The number of amides is 1. The van der Waals surface area contributed by atoms with E-state index in [-0.39, 0.29) is 5.91 Å². The smallest absolute Gasteiger partial charge is 0.243 e. The summed E-state index contributed by atoms with van der Waals surface area (Å²) in [6.07, 6.45) is 51.7. The molecule has 3 heteroatoms. The molecule has 0 unspecified atom stereocenters. The van der Waals surface area contributed by atoms with Crippen LogP contribution in [-0.4, -0.2) is 18.2 Å². The molecule has 0 aromatic heterocycles. The fourth-order valence-corrected chi connectivity index (χ4v) is 7.20. The maximum absolute atomic E-state index is 12.1. The predicted octanol–water partition coefficient (Wildman–Crippen LogP) is 18.5. The van der Waals surface area contributed by atoms with Crippen molar-refractivity contribution in [2.75, 3.05) is 6.54 Å². The van der Waals surface area contributed by atoms with E-state index in [1.165, 1.54) is 162 Å². The van der Waals surface area contributed by atoms with E-state index in [4.69, 9.17) is 0 Å². The highest BCUT2D eigenvalue weighted by molar-refractivity contribution is 5.90. The van der Waals surface area contributed by atoms with Crippen LogP contribution in [0.25, 0.3) is 0 Å². The third-order valence-corrected chi connectivity index (χ3v) is 11.1. The number of ketones is 1. The molecule has 0 atom stereocenters. The third-order valence-electron chi connectivity index (χ3n) is 11.1. The highest BCUT2D eigenvalue weighted by Crippen LogP contribution is 2.16. The van der Waals surface area contributed by atoms with Crippen molar-refractivity contribution in [1.29, 1.82) is 0 Å². The topological polar surface area (TPSA) is 46.2 Å². The van der Waals surface area contributed by atoms with E-state index >= 15 is 0 Å². The average Bonchev–Trinajstić information content (AvgIpc) is 3.17. The lowest BCUT2D eigenvalue weighted by Gasteiger charge is -2.05. The Kier molecular flexibility index (Phi) is 44.9. The van der Waals surface area contributed by atoms with E-state index in [9.17, 15) is 9.59 Å². The lowest BCUT2D eigenvalue weighted by molar-refractivity contribution is -0.116. The molecule has 1 amide bonds. The van der Waals surface area contributed by atoms with Gasteiger partial charge in [0.05, 0.1) is 0 Å². The standard InChI is InChI=1S/C31H57NO.C25H44O/c1-6-7-8-9-10-11-12-13-14-15-16-17-18-19-26-32-31(33)27-30(5)25-21-24-29(4)23-20-22-28(2)3;1-6-7-8-9-10-11-12-13-20-25(26)21-24(5)19-15-18-23(4)17-14-16-22(2)3/h22,24,27H,6-21,23,25-26H2,1-5H3,(H,32,33);16,18,21H,6-15,17,19-20H2,1-5H3/b29-24+,30-27+;23-18+,24-21+. The van der Waals surface area contributed by atoms with Gasteiger partial charge in [-0.2, -0.15) is 0 Å². The Morgan fingerprint density at radius 1 is 0.356 bits per heavy atom. The van der Waals surface area contributed by atoms with E-state index < -0.39 is 0 Å². The molecule has 0 aliphatic rings. The second-order valence-electron chi connectivity index (χ2n) is 18.4. The number of rotatable bonds is 38. The van der Waals surface area contributed by atoms with Crippen molar-refractivity contribution in [2.24, 2.45) is 0 Å². The third kappa shape index (κ3) is 49.8. The van der Waals surface area contributed by atoms with Gasteiger partial charge in [-0.15, -0.1) is 0 Å². The Hall–Kier alpha value is -2.42. The monoisotopic (exact) mass is 820 g/mol. The van der Waals surface area contributed by atoms with Crippen LogP contribution >= 0.6 is 0 Å². The van der Waals surface area contributed by atoms with Crippen molar-refractivity contribution in [3.8, 4) is 0 Å². The number of allylic oxidation sites excluding steroid dienone is 11. The predicted molar refractivity (Wildman–Crippen MR) is 266 cm³/mol. The van der Waals surface area contributed by atoms with Crippen LogP contribution in [-0.2, 0) is 9.59 Å². The molecule has 0 fully saturated rings. The summed E-state index contributed by atoms with van der Waals surface area (Å²) in [5.74, 6) is 0.393. The van der Waals surface area contributed by atoms with Gasteiger partial charge in [-0.05, 0) is 126 Å². The number of hydrogen-bond acceptors (Lipinski definition) is 2. The lowest BCUT2D eigenvalue weighted by atomic mass is 10.0. The molecule has 0 aromatic carbocycles. The van der Waals surface area contributed by atoms with Crippen molar-refractivity contribution < 1.29 is 9.59 Å². The molecule has 0 aromatic rings. The largest absolute Gasteiger partial charge is 0.353 e. The van der Waals surface area contributed by atoms with Gasteiger partial charge >= 0.3 is 0 Å². The first kappa shape index (κ1) is 58.7. The van der Waals surface area contributed by atoms with Crippen LogP contribution in [0.5, 0.6) is 0 Å². The molecule has 0 radical (unpaired) electrons. The molecule has 0 bridgehead atoms. The fourth-order valence-electron chi connectivity index (χ4n) is 7.20. The van der Waals surface area contributed by atoms with Gasteiger partial charge in [-0.3, -0.25) is 9.59 Å². The number of carbonyl (C=O) groups is 2. The zero-order valence-electron chi connectivity index (χ0n) is 41.4. The molecule has 59 heavy (non-hydrogen) atoms. The average molecular weight is 820 g/mol. The fraction of sp³-hybridized carbons (Fsp3) is 0.750. The summed E-state index contributed by atoms with van der Waals surface area (Å²) >= 11 is 0. The SMILES string of the molecule is CCCCCCCCCCC(=O)/C=C(\C)CC/C=C(\C)CCC=C(C)C.CCCCCCCCCCCCCCCCNC(=O)/C=C(\C)CC/C=C(\C)CCC=C(C)C. The molecule has 1 N–H and O–H groups in total. The van der Waals surface area contributed by atoms with Gasteiger partial charge < -0.3 is 5.32 Å². The molecule has 0 aliphatic heterocycles. The molecule has 3 nitrogen and oxygen atoms in total. The number of carbonyl (C=O) groups excluding carboxylic acids is 2. The van der Waals surface area contributed by atoms with Crippen LogP contribution in [0.15, 0.2) is 69.9 Å². The summed E-state index contributed by atoms with van der Waals surface area (Å²) in [6, 6.07) is 0. The van der Waals surface area contributed by atoms with E-state index in [0.717, 1.165) is 77.2 Å². The Bertz CT molecular complexity index is 1180. The second-order valence-corrected chi connectivity index (χ2v) is 18.4. The van der Waals surface area contributed by atoms with Gasteiger partial charge in [0, 0.05) is 19.0 Å². The van der Waals surface area contributed by atoms with Crippen LogP contribution < -0.4 is 5.32 Å². The van der Waals surface area contributed by atoms with Crippen LogP contribution in [0.3, 0.4) is 0 Å². The Morgan fingerprint density at radius 3 is 1.07 bits per heavy atom. The first-order valence-corrected chi connectivity index (χ1v) is 25.1. The van der Waals surface area contributed by atoms with Crippen LogP contribution in [0, 0.1) is 0 Å². The maximum Gasteiger partial charge on any atom is 0.243 e. The number of unbranched alkanes of at least 4 members (excludes halogenated alkanes) is 20. The normalized spacial score (nSPS) is 12.2. The van der Waals surface area contributed by atoms with Crippen LogP contribution in [0.4, 0.5) is 0 Å². The van der Waals surface area contributed by atoms with E-state index in [2.05, 4.69) is 98.9 Å². The minimum absolute atomic E-state index is 0.0754. The van der Waals surface area contributed by atoms with E-state index in [1.54, 1.807) is 6.08 Å². The Balaban J connectivity index is 0. The molecule has 0 aliphatic carbocycles. The second kappa shape index (κ2) is 45.1. The molecule has 0 saturated carbocycles. The number of nitrogens with one attached hydrogen (secondary N) is 1. The molecular weight excluding hydrogens is 719 g/mol. The highest BCUT2D eigenvalue weighted by Gasteiger charge is 2.02. The summed E-state index contributed by atoms with van der Waals surface area (Å²) in [6.45, 7) is 22.5. The minimum atomic E-state index is 0.0754. The molecule has 0 saturated heterocycles. The van der Waals surface area contributed by atoms with Gasteiger partial charge in [-0.1, -0.05) is 200 Å². The van der Waals surface area contributed by atoms with Gasteiger partial charge in [0.1, 0.15) is 0 Å². The summed E-state index contributed by atoms with van der Waals surface area (Å²) < 4.78 is 0. The first-order chi connectivity index (χ1) is 28.4. The lowest BCUT2D eigenvalue weighted by Crippen LogP contribution is -2.22. The van der Waals surface area contributed by atoms with Gasteiger partial charge in [-0.25, -0.2) is 0 Å². The van der Waals surface area contributed by atoms with Crippen molar-refractivity contribution >= 4 is 11.7 Å². The summed E-state index contributed by atoms with van der Waals surface area (Å²) in [5, 5.41) is 3.06. The van der Waals surface area contributed by atoms with Crippen LogP contribution in [0.2, 0.25) is 0 Å².